The van der Waals surface area contributed by atoms with Gasteiger partial charge in [-0.25, -0.2) is 0 Å². The quantitative estimate of drug-likeness (QED) is 0.584. The van der Waals surface area contributed by atoms with Crippen molar-refractivity contribution in [1.82, 2.24) is 0 Å². The molecule has 0 unspecified atom stereocenters. The largest absolute Gasteiger partial charge is 0.507 e. The van der Waals surface area contributed by atoms with Crippen LogP contribution >= 0.6 is 0 Å². The monoisotopic (exact) mass is 430 g/mol. The molecule has 0 aromatic heterocycles. The van der Waals surface area contributed by atoms with E-state index in [0.29, 0.717) is 0 Å². The minimum Gasteiger partial charge on any atom is -0.507 e. The van der Waals surface area contributed by atoms with E-state index in [4.69, 9.17) is 5.11 Å². The number of phenolic OH excluding ortho intramolecular Hbond substituents is 1. The Morgan fingerprint density at radius 1 is 0.519 bits per heavy atom. The van der Waals surface area contributed by atoms with Crippen molar-refractivity contribution in [2.75, 3.05) is 0 Å². The first-order valence-corrected chi connectivity index (χ1v) is 6.11. The van der Waals surface area contributed by atoms with Gasteiger partial charge < -0.3 is 5.11 Å². The fourth-order valence-corrected chi connectivity index (χ4v) is 1.74. The van der Waals surface area contributed by atoms with E-state index in [1.807, 2.05) is 0 Å². The Balaban J connectivity index is 3.71. The van der Waals surface area contributed by atoms with E-state index in [0.717, 1.165) is 0 Å². The molecule has 0 aliphatic rings. The zero-order chi connectivity index (χ0) is 21.9. The van der Waals surface area contributed by atoms with Crippen LogP contribution in [0.1, 0.15) is 11.1 Å². The highest BCUT2D eigenvalue weighted by molar-refractivity contribution is 5.47. The van der Waals surface area contributed by atoms with Crippen LogP contribution in [-0.2, 0) is 11.8 Å². The number of halogens is 14. The fraction of sp³-hybridized carbons (Fsp3) is 0.500. The van der Waals surface area contributed by atoms with Crippen molar-refractivity contribution in [1.29, 1.82) is 0 Å². The smallest absolute Gasteiger partial charge is 0.460 e. The number of hydrogen-bond donors (Lipinski definition) is 1. The van der Waals surface area contributed by atoms with Gasteiger partial charge in [0.15, 0.2) is 0 Å². The zero-order valence-corrected chi connectivity index (χ0v) is 12.0. The van der Waals surface area contributed by atoms with Crippen molar-refractivity contribution in [3.8, 4) is 5.75 Å². The van der Waals surface area contributed by atoms with Gasteiger partial charge in [0.1, 0.15) is 5.75 Å². The Labute approximate surface area is 139 Å². The van der Waals surface area contributed by atoms with Gasteiger partial charge in [-0.15, -0.1) is 0 Å². The third-order valence-corrected chi connectivity index (χ3v) is 3.21. The summed E-state index contributed by atoms with van der Waals surface area (Å²) in [6.07, 6.45) is -14.0. The number of phenols is 1. The average molecular weight is 430 g/mol. The summed E-state index contributed by atoms with van der Waals surface area (Å²) in [6, 6.07) is -1.17. The van der Waals surface area contributed by atoms with Crippen LogP contribution in [0, 0.1) is 0 Å². The van der Waals surface area contributed by atoms with E-state index in [-0.39, 0.29) is 6.07 Å². The van der Waals surface area contributed by atoms with Crippen LogP contribution in [0.25, 0.3) is 0 Å². The number of benzene rings is 1. The first kappa shape index (κ1) is 23.1. The first-order chi connectivity index (χ1) is 11.6. The Morgan fingerprint density at radius 2 is 0.778 bits per heavy atom. The van der Waals surface area contributed by atoms with Gasteiger partial charge >= 0.3 is 36.0 Å². The highest BCUT2D eigenvalue weighted by atomic mass is 19.4. The Bertz CT molecular complexity index is 643. The van der Waals surface area contributed by atoms with E-state index in [1.54, 1.807) is 0 Å². The van der Waals surface area contributed by atoms with Crippen LogP contribution in [0.15, 0.2) is 18.2 Å². The van der Waals surface area contributed by atoms with Crippen LogP contribution in [0.2, 0.25) is 0 Å². The number of para-hydroxylation sites is 1. The molecule has 15 heteroatoms. The maximum absolute atomic E-state index is 13.5. The van der Waals surface area contributed by atoms with Crippen molar-refractivity contribution in [2.24, 2.45) is 0 Å². The normalized spacial score (nSPS) is 15.2. The van der Waals surface area contributed by atoms with Gasteiger partial charge in [0.2, 0.25) is 0 Å². The summed E-state index contributed by atoms with van der Waals surface area (Å²) < 4.78 is 178. The van der Waals surface area contributed by atoms with E-state index in [2.05, 4.69) is 0 Å². The Hall–Kier alpha value is -1.96. The lowest BCUT2D eigenvalue weighted by molar-refractivity contribution is -0.361. The SMILES string of the molecule is Oc1c(C(F)(F)C(F)(F)C(F)(F)F)cccc1C(F)(F)C(F)(F)C(F)(F)F. The molecule has 0 aliphatic heterocycles. The molecule has 0 aliphatic carbocycles. The standard InChI is InChI=1S/C12H4F14O/c13-7(14,9(17,18)11(21,22)23)4-2-1-3-5(6(4)27)8(15,16)10(19,20)12(24,25)26/h1-3,27H. The molecular formula is C12H4F14O. The molecule has 0 amide bonds. The molecule has 1 rings (SSSR count). The van der Waals surface area contributed by atoms with Crippen molar-refractivity contribution in [2.45, 2.75) is 36.0 Å². The predicted octanol–water partition coefficient (Wildman–Crippen LogP) is 5.97. The molecule has 156 valence electrons. The second kappa shape index (κ2) is 6.02. The molecule has 27 heavy (non-hydrogen) atoms. The number of hydrogen-bond acceptors (Lipinski definition) is 1. The number of rotatable bonds is 4. The molecule has 1 nitrogen and oxygen atoms in total. The summed E-state index contributed by atoms with van der Waals surface area (Å²) in [5.74, 6) is -29.9. The molecule has 0 bridgehead atoms. The van der Waals surface area contributed by atoms with E-state index in [9.17, 15) is 61.5 Å². The fourth-order valence-electron chi connectivity index (χ4n) is 1.74. The van der Waals surface area contributed by atoms with Crippen LogP contribution < -0.4 is 0 Å². The summed E-state index contributed by atoms with van der Waals surface area (Å²) in [5, 5.41) is 9.16. The molecule has 1 N–H and O–H groups in total. The van der Waals surface area contributed by atoms with E-state index < -0.39 is 65.1 Å². The van der Waals surface area contributed by atoms with Crippen molar-refractivity contribution in [3.63, 3.8) is 0 Å². The maximum Gasteiger partial charge on any atom is 0.460 e. The van der Waals surface area contributed by atoms with Crippen molar-refractivity contribution >= 4 is 0 Å². The Kier molecular flexibility index (Phi) is 5.15. The molecule has 0 fully saturated rings. The van der Waals surface area contributed by atoms with E-state index in [1.165, 1.54) is 0 Å². The summed E-state index contributed by atoms with van der Waals surface area (Å²) in [6.45, 7) is 0. The molecule has 1 aromatic rings. The third-order valence-electron chi connectivity index (χ3n) is 3.21. The number of aromatic hydroxyl groups is 1. The average Bonchev–Trinajstić information content (AvgIpc) is 2.44. The summed E-state index contributed by atoms with van der Waals surface area (Å²) in [7, 11) is 0. The lowest BCUT2D eigenvalue weighted by Crippen LogP contribution is -2.51. The van der Waals surface area contributed by atoms with Crippen LogP contribution in [0.5, 0.6) is 5.75 Å². The van der Waals surface area contributed by atoms with Gasteiger partial charge in [0.25, 0.3) is 0 Å². The van der Waals surface area contributed by atoms with Gasteiger partial charge in [0.05, 0.1) is 11.1 Å². The minimum absolute atomic E-state index is 0.231. The highest BCUT2D eigenvalue weighted by Crippen LogP contribution is 2.57. The molecule has 0 saturated carbocycles. The van der Waals surface area contributed by atoms with Gasteiger partial charge in [-0.3, -0.25) is 0 Å². The maximum atomic E-state index is 13.5. The predicted molar refractivity (Wildman–Crippen MR) is 57.9 cm³/mol. The summed E-state index contributed by atoms with van der Waals surface area (Å²) in [5.41, 5.74) is -5.86. The minimum atomic E-state index is -6.99. The van der Waals surface area contributed by atoms with Crippen molar-refractivity contribution < 1.29 is 66.6 Å². The topological polar surface area (TPSA) is 20.2 Å². The van der Waals surface area contributed by atoms with Crippen LogP contribution in [0.3, 0.4) is 0 Å². The molecular weight excluding hydrogens is 426 g/mol. The lowest BCUT2D eigenvalue weighted by Gasteiger charge is -2.31. The van der Waals surface area contributed by atoms with E-state index >= 15 is 0 Å². The second-order valence-corrected chi connectivity index (χ2v) is 4.99. The first-order valence-electron chi connectivity index (χ1n) is 6.11. The molecule has 0 radical (unpaired) electrons. The second-order valence-electron chi connectivity index (χ2n) is 4.99. The summed E-state index contributed by atoms with van der Waals surface area (Å²) in [4.78, 5) is 0. The third kappa shape index (κ3) is 3.24. The van der Waals surface area contributed by atoms with Crippen LogP contribution in [0.4, 0.5) is 61.5 Å². The molecule has 0 atom stereocenters. The van der Waals surface area contributed by atoms with Crippen LogP contribution in [-0.4, -0.2) is 29.3 Å². The zero-order valence-electron chi connectivity index (χ0n) is 12.0. The molecule has 0 saturated heterocycles. The van der Waals surface area contributed by atoms with Crippen molar-refractivity contribution in [3.05, 3.63) is 29.3 Å². The van der Waals surface area contributed by atoms with Gasteiger partial charge in [-0.2, -0.15) is 61.5 Å². The highest BCUT2D eigenvalue weighted by Gasteiger charge is 2.76. The van der Waals surface area contributed by atoms with Gasteiger partial charge in [-0.1, -0.05) is 6.07 Å². The Morgan fingerprint density at radius 3 is 1.00 bits per heavy atom. The molecule has 0 heterocycles. The molecule has 0 spiro atoms. The lowest BCUT2D eigenvalue weighted by atomic mass is 9.93. The van der Waals surface area contributed by atoms with Gasteiger partial charge in [-0.05, 0) is 12.1 Å². The molecule has 1 aromatic carbocycles. The van der Waals surface area contributed by atoms with Gasteiger partial charge in [0, 0.05) is 0 Å². The summed E-state index contributed by atoms with van der Waals surface area (Å²) >= 11 is 0. The number of alkyl halides is 14.